The van der Waals surface area contributed by atoms with E-state index in [0.29, 0.717) is 17.0 Å². The van der Waals surface area contributed by atoms with Crippen molar-refractivity contribution in [1.82, 2.24) is 14.5 Å². The Kier molecular flexibility index (Phi) is 5.32. The van der Waals surface area contributed by atoms with Crippen LogP contribution in [0.15, 0.2) is 48.8 Å². The van der Waals surface area contributed by atoms with Gasteiger partial charge in [0.1, 0.15) is 11.4 Å². The molecule has 0 bridgehead atoms. The van der Waals surface area contributed by atoms with E-state index in [2.05, 4.69) is 44.9 Å². The van der Waals surface area contributed by atoms with Gasteiger partial charge in [-0.2, -0.15) is 5.26 Å². The van der Waals surface area contributed by atoms with Crippen molar-refractivity contribution in [2.75, 3.05) is 7.11 Å². The fourth-order valence-corrected chi connectivity index (χ4v) is 4.68. The summed E-state index contributed by atoms with van der Waals surface area (Å²) in [5, 5.41) is 9.16. The van der Waals surface area contributed by atoms with Crippen molar-refractivity contribution in [2.45, 2.75) is 57.7 Å². The maximum absolute atomic E-state index is 9.16. The number of pyridine rings is 1. The molecule has 6 heteroatoms. The van der Waals surface area contributed by atoms with Gasteiger partial charge in [0.2, 0.25) is 0 Å². The Morgan fingerprint density at radius 3 is 2.39 bits per heavy atom. The van der Waals surface area contributed by atoms with Crippen molar-refractivity contribution in [2.24, 2.45) is 0 Å². The van der Waals surface area contributed by atoms with E-state index >= 15 is 0 Å². The van der Waals surface area contributed by atoms with Crippen LogP contribution in [0, 0.1) is 11.3 Å². The van der Waals surface area contributed by atoms with E-state index in [1.54, 1.807) is 13.3 Å². The number of hydrogen-bond donors (Lipinski definition) is 0. The average molecular weight is 417 g/mol. The number of methoxy groups -OCH3 is 1. The Hall–Kier alpha value is -3.17. The molecule has 3 heterocycles. The molecule has 0 N–H and O–H groups in total. The molecule has 31 heavy (non-hydrogen) atoms. The van der Waals surface area contributed by atoms with Gasteiger partial charge in [-0.3, -0.25) is 4.57 Å². The molecule has 1 saturated heterocycles. The third-order valence-electron chi connectivity index (χ3n) is 5.65. The van der Waals surface area contributed by atoms with Crippen molar-refractivity contribution >= 4 is 0 Å². The first-order valence-electron chi connectivity index (χ1n) is 10.5. The van der Waals surface area contributed by atoms with Crippen LogP contribution in [-0.2, 0) is 4.74 Å². The number of nitrogens with zero attached hydrogens (tertiary/aromatic N) is 4. The van der Waals surface area contributed by atoms with Crippen LogP contribution in [0.1, 0.15) is 57.7 Å². The minimum absolute atomic E-state index is 0.229. The van der Waals surface area contributed by atoms with Gasteiger partial charge in [0.25, 0.3) is 0 Å². The van der Waals surface area contributed by atoms with Gasteiger partial charge in [0, 0.05) is 24.0 Å². The second kappa shape index (κ2) is 7.82. The zero-order valence-corrected chi connectivity index (χ0v) is 18.7. The average Bonchev–Trinajstić information content (AvgIpc) is 3.17. The predicted molar refractivity (Wildman–Crippen MR) is 119 cm³/mol. The molecule has 0 spiro atoms. The molecule has 6 nitrogen and oxygen atoms in total. The largest absolute Gasteiger partial charge is 0.494 e. The Morgan fingerprint density at radius 2 is 1.77 bits per heavy atom. The molecule has 3 aromatic rings. The molecule has 0 unspecified atom stereocenters. The Labute approximate surface area is 183 Å². The Balaban J connectivity index is 1.85. The number of imidazole rings is 1. The van der Waals surface area contributed by atoms with Gasteiger partial charge >= 0.3 is 0 Å². The zero-order valence-electron chi connectivity index (χ0n) is 18.7. The summed E-state index contributed by atoms with van der Waals surface area (Å²) in [5.74, 6) is 1.65. The smallest absolute Gasteiger partial charge is 0.167 e. The van der Waals surface area contributed by atoms with Crippen LogP contribution in [0.25, 0.3) is 17.2 Å². The number of hydrogen-bond acceptors (Lipinski definition) is 5. The van der Waals surface area contributed by atoms with E-state index in [4.69, 9.17) is 19.7 Å². The van der Waals surface area contributed by atoms with Gasteiger partial charge in [-0.05, 0) is 76.9 Å². The highest BCUT2D eigenvalue weighted by Crippen LogP contribution is 2.44. The number of ether oxygens (including phenoxy) is 2. The van der Waals surface area contributed by atoms with Crippen LogP contribution in [0.3, 0.4) is 0 Å². The number of rotatable bonds is 4. The number of aromatic nitrogens is 3. The summed E-state index contributed by atoms with van der Waals surface area (Å²) in [6.07, 6.45) is 5.61. The highest BCUT2D eigenvalue weighted by Gasteiger charge is 2.41. The van der Waals surface area contributed by atoms with Crippen LogP contribution in [-0.4, -0.2) is 32.8 Å². The predicted octanol–water partition coefficient (Wildman–Crippen LogP) is 5.27. The maximum Gasteiger partial charge on any atom is 0.167 e. The summed E-state index contributed by atoms with van der Waals surface area (Å²) in [7, 11) is 1.64. The van der Waals surface area contributed by atoms with Gasteiger partial charge in [-0.1, -0.05) is 0 Å². The molecule has 0 aliphatic carbocycles. The van der Waals surface area contributed by atoms with Crippen LogP contribution >= 0.6 is 0 Å². The molecule has 1 aromatic carbocycles. The van der Waals surface area contributed by atoms with E-state index in [9.17, 15) is 0 Å². The summed E-state index contributed by atoms with van der Waals surface area (Å²) in [6, 6.07) is 13.4. The third kappa shape index (κ3) is 4.33. The maximum atomic E-state index is 9.16. The SMILES string of the molecule is COc1cccnc1-c1nc(C2CC(C)(C)OC(C)(C)C2)cn1-c1ccc(C#N)cc1. The van der Waals surface area contributed by atoms with Gasteiger partial charge in [-0.25, -0.2) is 9.97 Å². The molecule has 2 aromatic heterocycles. The van der Waals surface area contributed by atoms with E-state index in [1.807, 2.05) is 41.0 Å². The second-order valence-corrected chi connectivity index (χ2v) is 9.30. The Bertz CT molecular complexity index is 1110. The summed E-state index contributed by atoms with van der Waals surface area (Å²) >= 11 is 0. The van der Waals surface area contributed by atoms with E-state index in [-0.39, 0.29) is 17.1 Å². The zero-order chi connectivity index (χ0) is 22.2. The minimum Gasteiger partial charge on any atom is -0.494 e. The normalized spacial score (nSPS) is 17.8. The van der Waals surface area contributed by atoms with Crippen LogP contribution in [0.4, 0.5) is 0 Å². The van der Waals surface area contributed by atoms with E-state index < -0.39 is 0 Å². The number of nitriles is 1. The minimum atomic E-state index is -0.229. The van der Waals surface area contributed by atoms with Crippen molar-refractivity contribution in [3.8, 4) is 29.0 Å². The van der Waals surface area contributed by atoms with E-state index in [1.165, 1.54) is 0 Å². The summed E-state index contributed by atoms with van der Waals surface area (Å²) in [6.45, 7) is 8.56. The lowest BCUT2D eigenvalue weighted by molar-refractivity contribution is -0.162. The molecule has 160 valence electrons. The van der Waals surface area contributed by atoms with Crippen LogP contribution < -0.4 is 4.74 Å². The molecule has 1 fully saturated rings. The fraction of sp³-hybridized carbons (Fsp3) is 0.400. The molecule has 1 aliphatic rings. The highest BCUT2D eigenvalue weighted by atomic mass is 16.5. The Morgan fingerprint density at radius 1 is 1.10 bits per heavy atom. The quantitative estimate of drug-likeness (QED) is 0.580. The third-order valence-corrected chi connectivity index (χ3v) is 5.65. The molecule has 4 rings (SSSR count). The lowest BCUT2D eigenvalue weighted by atomic mass is 9.79. The highest BCUT2D eigenvalue weighted by molar-refractivity contribution is 5.62. The fourth-order valence-electron chi connectivity index (χ4n) is 4.68. The molecular weight excluding hydrogens is 388 g/mol. The van der Waals surface area contributed by atoms with Gasteiger partial charge in [0.15, 0.2) is 5.82 Å². The molecule has 0 amide bonds. The first-order valence-corrected chi connectivity index (χ1v) is 10.5. The molecule has 0 atom stereocenters. The first kappa shape index (κ1) is 21.1. The van der Waals surface area contributed by atoms with Crippen LogP contribution in [0.5, 0.6) is 5.75 Å². The topological polar surface area (TPSA) is 73.0 Å². The number of benzene rings is 1. The van der Waals surface area contributed by atoms with E-state index in [0.717, 1.165) is 30.0 Å². The molecule has 0 radical (unpaired) electrons. The first-order chi connectivity index (χ1) is 14.7. The van der Waals surface area contributed by atoms with Crippen molar-refractivity contribution in [3.63, 3.8) is 0 Å². The summed E-state index contributed by atoms with van der Waals surface area (Å²) < 4.78 is 13.9. The van der Waals surface area contributed by atoms with Gasteiger partial charge in [-0.15, -0.1) is 0 Å². The lowest BCUT2D eigenvalue weighted by Crippen LogP contribution is -2.44. The van der Waals surface area contributed by atoms with Gasteiger partial charge < -0.3 is 9.47 Å². The lowest BCUT2D eigenvalue weighted by Gasteiger charge is -2.45. The molecule has 0 saturated carbocycles. The van der Waals surface area contributed by atoms with Crippen LogP contribution in [0.2, 0.25) is 0 Å². The summed E-state index contributed by atoms with van der Waals surface area (Å²) in [5.41, 5.74) is 2.78. The monoisotopic (exact) mass is 416 g/mol. The molecular formula is C25H28N4O2. The standard InChI is InChI=1S/C25H28N4O2/c1-24(2)13-18(14-25(3,4)31-24)20-16-29(19-10-8-17(15-26)9-11-19)23(28-20)22-21(30-5)7-6-12-27-22/h6-12,16,18H,13-14H2,1-5H3. The second-order valence-electron chi connectivity index (χ2n) is 9.30. The van der Waals surface area contributed by atoms with Crippen molar-refractivity contribution in [3.05, 3.63) is 60.0 Å². The van der Waals surface area contributed by atoms with Gasteiger partial charge in [0.05, 0.1) is 35.6 Å². The summed E-state index contributed by atoms with van der Waals surface area (Å²) in [4.78, 5) is 9.63. The van der Waals surface area contributed by atoms with Crippen molar-refractivity contribution < 1.29 is 9.47 Å². The van der Waals surface area contributed by atoms with Crippen molar-refractivity contribution in [1.29, 1.82) is 5.26 Å². The molecule has 1 aliphatic heterocycles.